The van der Waals surface area contributed by atoms with Gasteiger partial charge in [-0.05, 0) is 28.6 Å². The summed E-state index contributed by atoms with van der Waals surface area (Å²) < 4.78 is 14.4. The van der Waals surface area contributed by atoms with Gasteiger partial charge in [0, 0.05) is 12.1 Å². The molecule has 84 valence electrons. The lowest BCUT2D eigenvalue weighted by atomic mass is 10.2. The van der Waals surface area contributed by atoms with Gasteiger partial charge >= 0.3 is 0 Å². The number of hydrogen-bond donors (Lipinski definition) is 1. The minimum atomic E-state index is -0.397. The van der Waals surface area contributed by atoms with Gasteiger partial charge in [-0.3, -0.25) is 0 Å². The molecule has 0 aliphatic rings. The van der Waals surface area contributed by atoms with Crippen LogP contribution in [0.1, 0.15) is 0 Å². The summed E-state index contributed by atoms with van der Waals surface area (Å²) in [5.41, 5.74) is 6.00. The second-order valence-corrected chi connectivity index (χ2v) is 3.55. The molecule has 2 N–H and O–H groups in total. The van der Waals surface area contributed by atoms with Crippen LogP contribution in [0.2, 0.25) is 5.02 Å². The van der Waals surface area contributed by atoms with Crippen molar-refractivity contribution in [1.29, 1.82) is 0 Å². The zero-order valence-electron chi connectivity index (χ0n) is 8.27. The Morgan fingerprint density at radius 3 is 2.94 bits per heavy atom. The van der Waals surface area contributed by atoms with E-state index < -0.39 is 5.82 Å². The zero-order valence-corrected chi connectivity index (χ0v) is 9.02. The molecule has 0 saturated heterocycles. The van der Waals surface area contributed by atoms with Gasteiger partial charge in [-0.2, -0.15) is 0 Å². The Morgan fingerprint density at radius 1 is 1.44 bits per heavy atom. The van der Waals surface area contributed by atoms with E-state index in [2.05, 4.69) is 15.5 Å². The molecule has 0 fully saturated rings. The fourth-order valence-electron chi connectivity index (χ4n) is 1.34. The maximum absolute atomic E-state index is 12.9. The van der Waals surface area contributed by atoms with E-state index >= 15 is 0 Å². The minimum Gasteiger partial charge on any atom is -0.329 e. The molecular weight excluding hydrogens is 233 g/mol. The highest BCUT2D eigenvalue weighted by molar-refractivity contribution is 6.33. The van der Waals surface area contributed by atoms with Crippen molar-refractivity contribution < 1.29 is 4.39 Å². The fraction of sp³-hybridized carbons (Fsp3) is 0.222. The van der Waals surface area contributed by atoms with Gasteiger partial charge in [0.15, 0.2) is 5.82 Å². The summed E-state index contributed by atoms with van der Waals surface area (Å²) in [6, 6.07) is 4.07. The number of aromatic nitrogens is 4. The number of hydrogen-bond acceptors (Lipinski definition) is 4. The van der Waals surface area contributed by atoms with Crippen molar-refractivity contribution in [2.75, 3.05) is 6.54 Å². The average Bonchev–Trinajstić information content (AvgIpc) is 2.67. The Hall–Kier alpha value is -1.53. The Labute approximate surface area is 96.0 Å². The smallest absolute Gasteiger partial charge is 0.183 e. The van der Waals surface area contributed by atoms with Gasteiger partial charge in [0.05, 0.1) is 11.6 Å². The van der Waals surface area contributed by atoms with Crippen molar-refractivity contribution in [3.63, 3.8) is 0 Å². The molecule has 0 amide bonds. The van der Waals surface area contributed by atoms with Gasteiger partial charge in [0.25, 0.3) is 0 Å². The molecule has 1 aromatic carbocycles. The van der Waals surface area contributed by atoms with Crippen LogP contribution in [0.25, 0.3) is 11.4 Å². The van der Waals surface area contributed by atoms with Crippen LogP contribution in [0.5, 0.6) is 0 Å². The number of nitrogens with zero attached hydrogens (tertiary/aromatic N) is 4. The summed E-state index contributed by atoms with van der Waals surface area (Å²) >= 11 is 5.91. The van der Waals surface area contributed by atoms with Crippen LogP contribution in [-0.2, 0) is 6.54 Å². The van der Waals surface area contributed by atoms with Crippen molar-refractivity contribution >= 4 is 11.6 Å². The number of benzene rings is 1. The molecule has 0 spiro atoms. The highest BCUT2D eigenvalue weighted by Gasteiger charge is 2.12. The van der Waals surface area contributed by atoms with E-state index in [-0.39, 0.29) is 5.02 Å². The molecule has 0 radical (unpaired) electrons. The summed E-state index contributed by atoms with van der Waals surface area (Å²) in [7, 11) is 0. The van der Waals surface area contributed by atoms with Gasteiger partial charge in [-0.15, -0.1) is 5.10 Å². The first-order valence-electron chi connectivity index (χ1n) is 4.64. The summed E-state index contributed by atoms with van der Waals surface area (Å²) in [6.07, 6.45) is 0. The van der Waals surface area contributed by atoms with E-state index in [0.717, 1.165) is 0 Å². The van der Waals surface area contributed by atoms with Crippen LogP contribution in [0.3, 0.4) is 0 Å². The number of halogens is 2. The van der Waals surface area contributed by atoms with E-state index in [4.69, 9.17) is 17.3 Å². The third-order valence-corrected chi connectivity index (χ3v) is 2.36. The van der Waals surface area contributed by atoms with Gasteiger partial charge in [0.1, 0.15) is 5.82 Å². The lowest BCUT2D eigenvalue weighted by Gasteiger charge is -2.04. The fourth-order valence-corrected chi connectivity index (χ4v) is 1.59. The average molecular weight is 242 g/mol. The van der Waals surface area contributed by atoms with Gasteiger partial charge in [-0.1, -0.05) is 11.6 Å². The molecule has 2 rings (SSSR count). The lowest BCUT2D eigenvalue weighted by molar-refractivity contribution is 0.602. The third kappa shape index (κ3) is 2.02. The van der Waals surface area contributed by atoms with Crippen molar-refractivity contribution in [2.45, 2.75) is 6.54 Å². The first kappa shape index (κ1) is 11.0. The first-order chi connectivity index (χ1) is 7.72. The van der Waals surface area contributed by atoms with Crippen LogP contribution in [0, 0.1) is 5.82 Å². The first-order valence-corrected chi connectivity index (χ1v) is 5.02. The molecule has 0 aliphatic carbocycles. The van der Waals surface area contributed by atoms with Crippen molar-refractivity contribution in [3.05, 3.63) is 29.0 Å². The summed E-state index contributed by atoms with van der Waals surface area (Å²) in [4.78, 5) is 0. The second kappa shape index (κ2) is 4.54. The molecule has 0 saturated carbocycles. The number of nitrogens with two attached hydrogens (primary N) is 1. The van der Waals surface area contributed by atoms with E-state index in [9.17, 15) is 4.39 Å². The topological polar surface area (TPSA) is 69.6 Å². The molecule has 0 unspecified atom stereocenters. The highest BCUT2D eigenvalue weighted by Crippen LogP contribution is 2.26. The van der Waals surface area contributed by atoms with Crippen molar-refractivity contribution in [3.8, 4) is 11.4 Å². The highest BCUT2D eigenvalue weighted by atomic mass is 35.5. The quantitative estimate of drug-likeness (QED) is 0.873. The SMILES string of the molecule is NCCn1nnnc1-c1ccc(F)cc1Cl. The zero-order chi connectivity index (χ0) is 11.5. The van der Waals surface area contributed by atoms with Crippen LogP contribution in [-0.4, -0.2) is 26.8 Å². The molecular formula is C9H9ClFN5. The molecule has 0 atom stereocenters. The van der Waals surface area contributed by atoms with Crippen molar-refractivity contribution in [1.82, 2.24) is 20.2 Å². The molecule has 0 bridgehead atoms. The monoisotopic (exact) mass is 241 g/mol. The Balaban J connectivity index is 2.46. The molecule has 0 aliphatic heterocycles. The largest absolute Gasteiger partial charge is 0.329 e. The molecule has 2 aromatic rings. The van der Waals surface area contributed by atoms with E-state index in [1.54, 1.807) is 0 Å². The van der Waals surface area contributed by atoms with E-state index in [0.29, 0.717) is 24.5 Å². The van der Waals surface area contributed by atoms with Crippen LogP contribution < -0.4 is 5.73 Å². The molecule has 5 nitrogen and oxygen atoms in total. The Bertz CT molecular complexity index is 498. The predicted octanol–water partition coefficient (Wildman–Crippen LogP) is 1.09. The maximum Gasteiger partial charge on any atom is 0.183 e. The van der Waals surface area contributed by atoms with Crippen LogP contribution >= 0.6 is 11.6 Å². The van der Waals surface area contributed by atoms with Crippen LogP contribution in [0.15, 0.2) is 18.2 Å². The Morgan fingerprint density at radius 2 is 2.25 bits per heavy atom. The number of rotatable bonds is 3. The van der Waals surface area contributed by atoms with Crippen molar-refractivity contribution in [2.24, 2.45) is 5.73 Å². The summed E-state index contributed by atoms with van der Waals surface area (Å²) in [5.74, 6) is 0.0852. The van der Waals surface area contributed by atoms with Gasteiger partial charge in [0.2, 0.25) is 0 Å². The van der Waals surface area contributed by atoms with Gasteiger partial charge < -0.3 is 5.73 Å². The van der Waals surface area contributed by atoms with E-state index in [1.807, 2.05) is 0 Å². The van der Waals surface area contributed by atoms with Crippen LogP contribution in [0.4, 0.5) is 4.39 Å². The number of tetrazole rings is 1. The summed E-state index contributed by atoms with van der Waals surface area (Å²) in [5, 5.41) is 11.4. The molecule has 16 heavy (non-hydrogen) atoms. The molecule has 1 aromatic heterocycles. The normalized spacial score (nSPS) is 10.7. The third-order valence-electron chi connectivity index (χ3n) is 2.04. The molecule has 1 heterocycles. The second-order valence-electron chi connectivity index (χ2n) is 3.14. The Kier molecular flexibility index (Phi) is 3.12. The maximum atomic E-state index is 12.9. The molecule has 7 heteroatoms. The van der Waals surface area contributed by atoms with E-state index in [1.165, 1.54) is 22.9 Å². The standard InChI is InChI=1S/C9H9ClFN5/c10-8-5-6(11)1-2-7(8)9-13-14-15-16(9)4-3-12/h1-2,5H,3-4,12H2. The summed E-state index contributed by atoms with van der Waals surface area (Å²) in [6.45, 7) is 0.896. The minimum absolute atomic E-state index is 0.271. The lowest BCUT2D eigenvalue weighted by Crippen LogP contribution is -2.12. The predicted molar refractivity (Wildman–Crippen MR) is 57.3 cm³/mol. The van der Waals surface area contributed by atoms with Gasteiger partial charge in [-0.25, -0.2) is 9.07 Å².